The second kappa shape index (κ2) is 15.3. The molecule has 2 nitrogen and oxygen atoms in total. The topological polar surface area (TPSA) is 16.4 Å². The summed E-state index contributed by atoms with van der Waals surface area (Å²) < 4.78 is 6.56. The van der Waals surface area contributed by atoms with Crippen molar-refractivity contribution in [2.45, 2.75) is 24.7 Å². The molecule has 0 saturated heterocycles. The Morgan fingerprint density at radius 1 is 0.278 bits per heavy atom. The first-order valence-corrected chi connectivity index (χ1v) is 25.2. The molecule has 2 heteroatoms. The van der Waals surface area contributed by atoms with Crippen LogP contribution in [0, 0.1) is 0 Å². The highest BCUT2D eigenvalue weighted by Gasteiger charge is 2.51. The molecule has 1 aromatic heterocycles. The summed E-state index contributed by atoms with van der Waals surface area (Å²) in [6.07, 6.45) is 0. The lowest BCUT2D eigenvalue weighted by molar-refractivity contribution is 0.660. The number of anilines is 3. The Bertz CT molecular complexity index is 4150. The third kappa shape index (κ3) is 5.72. The molecule has 12 aromatic rings. The van der Waals surface area contributed by atoms with Crippen molar-refractivity contribution in [3.63, 3.8) is 0 Å². The first kappa shape index (κ1) is 40.9. The van der Waals surface area contributed by atoms with E-state index in [-0.39, 0.29) is 5.41 Å². The van der Waals surface area contributed by atoms with E-state index in [4.69, 9.17) is 4.42 Å². The zero-order chi connectivity index (χ0) is 47.7. The molecule has 0 atom stereocenters. The number of nitrogens with zero attached hydrogens (tertiary/aromatic N) is 1. The Balaban J connectivity index is 0.960. The summed E-state index contributed by atoms with van der Waals surface area (Å²) in [7, 11) is 0. The SMILES string of the molecule is CC1(C)c2ccccc2-c2ccc(N(c3ccc(-c4ccccc4)cc3)c3ccc(-c4ccc5c(c4)oc4ccccc45)c(-c4ccc5c(c4)-c4ccccc4C54c5ccccc5-c5ccccc54)c3)cc21. The fourth-order valence-corrected chi connectivity index (χ4v) is 13.0. The minimum absolute atomic E-state index is 0.159. The molecule has 0 fully saturated rings. The number of benzene rings is 11. The predicted octanol–water partition coefficient (Wildman–Crippen LogP) is 18.7. The van der Waals surface area contributed by atoms with Crippen LogP contribution in [0.4, 0.5) is 17.1 Å². The van der Waals surface area contributed by atoms with Gasteiger partial charge in [-0.2, -0.15) is 0 Å². The second-order valence-corrected chi connectivity index (χ2v) is 20.3. The van der Waals surface area contributed by atoms with Crippen LogP contribution in [0.15, 0.2) is 253 Å². The van der Waals surface area contributed by atoms with Crippen molar-refractivity contribution in [1.82, 2.24) is 0 Å². The maximum absolute atomic E-state index is 6.56. The zero-order valence-electron chi connectivity index (χ0n) is 40.0. The van der Waals surface area contributed by atoms with Gasteiger partial charge >= 0.3 is 0 Å². The number of para-hydroxylation sites is 1. The molecule has 0 unspecified atom stereocenters. The van der Waals surface area contributed by atoms with Gasteiger partial charge in [-0.05, 0) is 161 Å². The summed E-state index contributed by atoms with van der Waals surface area (Å²) in [6.45, 7) is 4.73. The molecule has 0 aliphatic heterocycles. The number of hydrogen-bond acceptors (Lipinski definition) is 2. The van der Waals surface area contributed by atoms with Crippen molar-refractivity contribution < 1.29 is 4.42 Å². The second-order valence-electron chi connectivity index (χ2n) is 20.3. The van der Waals surface area contributed by atoms with Gasteiger partial charge in [-0.25, -0.2) is 0 Å². The predicted molar refractivity (Wildman–Crippen MR) is 299 cm³/mol. The molecule has 0 amide bonds. The van der Waals surface area contributed by atoms with Crippen LogP contribution < -0.4 is 4.90 Å². The minimum Gasteiger partial charge on any atom is -0.456 e. The van der Waals surface area contributed by atoms with Crippen LogP contribution >= 0.6 is 0 Å². The smallest absolute Gasteiger partial charge is 0.136 e. The molecule has 0 radical (unpaired) electrons. The summed E-state index contributed by atoms with van der Waals surface area (Å²) in [5, 5.41) is 2.25. The van der Waals surface area contributed by atoms with Gasteiger partial charge in [-0.3, -0.25) is 0 Å². The molecule has 72 heavy (non-hydrogen) atoms. The number of furan rings is 1. The van der Waals surface area contributed by atoms with Crippen LogP contribution in [-0.4, -0.2) is 0 Å². The Morgan fingerprint density at radius 3 is 1.46 bits per heavy atom. The Morgan fingerprint density at radius 2 is 0.750 bits per heavy atom. The zero-order valence-corrected chi connectivity index (χ0v) is 40.0. The van der Waals surface area contributed by atoms with E-state index in [0.717, 1.165) is 61.3 Å². The van der Waals surface area contributed by atoms with Gasteiger partial charge in [0.05, 0.1) is 5.41 Å². The van der Waals surface area contributed by atoms with Crippen LogP contribution in [-0.2, 0) is 10.8 Å². The van der Waals surface area contributed by atoms with Crippen molar-refractivity contribution >= 4 is 39.0 Å². The highest BCUT2D eigenvalue weighted by Crippen LogP contribution is 2.63. The summed E-state index contributed by atoms with van der Waals surface area (Å²) in [5.74, 6) is 0. The quantitative estimate of drug-likeness (QED) is 0.165. The lowest BCUT2D eigenvalue weighted by Gasteiger charge is -2.30. The average molecular weight is 918 g/mol. The highest BCUT2D eigenvalue weighted by atomic mass is 16.3. The molecule has 1 spiro atoms. The molecular formula is C70H47NO. The van der Waals surface area contributed by atoms with Crippen LogP contribution in [0.1, 0.15) is 47.2 Å². The van der Waals surface area contributed by atoms with E-state index in [2.05, 4.69) is 261 Å². The van der Waals surface area contributed by atoms with Crippen molar-refractivity contribution in [2.24, 2.45) is 0 Å². The third-order valence-corrected chi connectivity index (χ3v) is 16.3. The molecule has 338 valence electrons. The first-order valence-electron chi connectivity index (χ1n) is 25.2. The van der Waals surface area contributed by atoms with Crippen molar-refractivity contribution in [3.05, 3.63) is 282 Å². The summed E-state index contributed by atoms with van der Waals surface area (Å²) in [4.78, 5) is 2.45. The Labute approximate surface area is 419 Å². The fraction of sp³-hybridized carbons (Fsp3) is 0.0571. The van der Waals surface area contributed by atoms with E-state index in [1.54, 1.807) is 0 Å². The first-order chi connectivity index (χ1) is 35.4. The molecule has 0 N–H and O–H groups in total. The van der Waals surface area contributed by atoms with E-state index in [0.29, 0.717) is 0 Å². The van der Waals surface area contributed by atoms with Gasteiger partial charge < -0.3 is 9.32 Å². The van der Waals surface area contributed by atoms with Gasteiger partial charge in [-0.1, -0.05) is 202 Å². The van der Waals surface area contributed by atoms with Crippen molar-refractivity contribution in [1.29, 1.82) is 0 Å². The van der Waals surface area contributed by atoms with Crippen LogP contribution in [0.2, 0.25) is 0 Å². The normalized spacial score (nSPS) is 13.9. The van der Waals surface area contributed by atoms with E-state index in [1.807, 2.05) is 6.07 Å². The summed E-state index contributed by atoms with van der Waals surface area (Å²) >= 11 is 0. The molecule has 0 saturated carbocycles. The van der Waals surface area contributed by atoms with E-state index in [9.17, 15) is 0 Å². The summed E-state index contributed by atoms with van der Waals surface area (Å²) in [5.41, 5.74) is 27.3. The van der Waals surface area contributed by atoms with E-state index >= 15 is 0 Å². The monoisotopic (exact) mass is 917 g/mol. The third-order valence-electron chi connectivity index (χ3n) is 16.3. The van der Waals surface area contributed by atoms with E-state index < -0.39 is 5.41 Å². The van der Waals surface area contributed by atoms with Gasteiger partial charge in [0.1, 0.15) is 11.2 Å². The summed E-state index contributed by atoms with van der Waals surface area (Å²) in [6, 6.07) is 92.4. The average Bonchev–Trinajstić information content (AvgIpc) is 4.13. The number of hydrogen-bond donors (Lipinski definition) is 0. The number of rotatable bonds is 6. The maximum atomic E-state index is 6.56. The lowest BCUT2D eigenvalue weighted by atomic mass is 9.70. The maximum Gasteiger partial charge on any atom is 0.136 e. The standard InChI is InChI=1S/C70H47NO/c1-69(2)61-23-11-6-18-52(61)56-38-35-50(43-66(56)69)71(48-32-28-45(29-33-48)44-16-4-3-5-17-44)49-34-37-51(47-30-36-58-57-22-10-15-27-67(57)72-68(58)41-47)59(42-49)46-31-39-65-60(40-46)55-21-9-14-26-64(55)70(65)62-24-12-7-19-53(62)54-20-8-13-25-63(54)70/h3-43H,1-2H3. The van der Waals surface area contributed by atoms with Crippen LogP contribution in [0.25, 0.3) is 88.7 Å². The Kier molecular flexibility index (Phi) is 8.66. The van der Waals surface area contributed by atoms with Crippen molar-refractivity contribution in [2.75, 3.05) is 4.90 Å². The molecule has 11 aromatic carbocycles. The van der Waals surface area contributed by atoms with Gasteiger partial charge in [0, 0.05) is 33.2 Å². The largest absolute Gasteiger partial charge is 0.456 e. The van der Waals surface area contributed by atoms with E-state index in [1.165, 1.54) is 77.9 Å². The van der Waals surface area contributed by atoms with Gasteiger partial charge in [0.2, 0.25) is 0 Å². The Hall–Kier alpha value is -8.98. The van der Waals surface area contributed by atoms with Gasteiger partial charge in [-0.15, -0.1) is 0 Å². The van der Waals surface area contributed by atoms with Gasteiger partial charge in [0.25, 0.3) is 0 Å². The lowest BCUT2D eigenvalue weighted by Crippen LogP contribution is -2.25. The molecule has 0 bridgehead atoms. The fourth-order valence-electron chi connectivity index (χ4n) is 13.0. The number of fused-ring (bicyclic) bond motifs is 16. The van der Waals surface area contributed by atoms with Gasteiger partial charge in [0.15, 0.2) is 0 Å². The van der Waals surface area contributed by atoms with Crippen LogP contribution in [0.3, 0.4) is 0 Å². The molecular weight excluding hydrogens is 871 g/mol. The highest BCUT2D eigenvalue weighted by molar-refractivity contribution is 6.07. The van der Waals surface area contributed by atoms with Crippen molar-refractivity contribution in [3.8, 4) is 66.8 Å². The minimum atomic E-state index is -0.418. The molecule has 15 rings (SSSR count). The molecule has 3 aliphatic rings. The molecule has 1 heterocycles. The van der Waals surface area contributed by atoms with Crippen LogP contribution in [0.5, 0.6) is 0 Å². The molecule has 3 aliphatic carbocycles.